The molecule has 0 radical (unpaired) electrons. The van der Waals surface area contributed by atoms with E-state index in [9.17, 15) is 0 Å². The fourth-order valence-corrected chi connectivity index (χ4v) is 7.81. The van der Waals surface area contributed by atoms with E-state index in [1.807, 2.05) is 6.08 Å². The van der Waals surface area contributed by atoms with Crippen LogP contribution < -0.4 is 5.73 Å². The van der Waals surface area contributed by atoms with Gasteiger partial charge in [0.1, 0.15) is 0 Å². The second-order valence-corrected chi connectivity index (χ2v) is 14.8. The maximum atomic E-state index is 6.78. The third kappa shape index (κ3) is 7.93. The third-order valence-electron chi connectivity index (χ3n) is 11.3. The van der Waals surface area contributed by atoms with Crippen molar-refractivity contribution >= 4 is 5.57 Å². The number of hydrogen-bond donors (Lipinski definition) is 1. The highest BCUT2D eigenvalue weighted by Gasteiger charge is 2.33. The lowest BCUT2D eigenvalue weighted by Gasteiger charge is -2.36. The van der Waals surface area contributed by atoms with Gasteiger partial charge in [-0.25, -0.2) is 0 Å². The van der Waals surface area contributed by atoms with Gasteiger partial charge >= 0.3 is 0 Å². The van der Waals surface area contributed by atoms with Gasteiger partial charge in [-0.2, -0.15) is 0 Å². The predicted octanol–water partition coefficient (Wildman–Crippen LogP) is 13.8. The number of benzene rings is 5. The molecule has 2 unspecified atom stereocenters. The molecule has 0 heterocycles. The number of aryl methyl sites for hydroxylation is 1. The summed E-state index contributed by atoms with van der Waals surface area (Å²) in [7, 11) is 0. The van der Waals surface area contributed by atoms with Crippen LogP contribution in [0.1, 0.15) is 73.4 Å². The molecule has 7 rings (SSSR count). The molecule has 0 saturated heterocycles. The van der Waals surface area contributed by atoms with Crippen LogP contribution in [0.5, 0.6) is 0 Å². The van der Waals surface area contributed by atoms with Gasteiger partial charge in [-0.1, -0.05) is 176 Å². The largest absolute Gasteiger partial charge is 0.320 e. The first kappa shape index (κ1) is 36.6. The Bertz CT molecular complexity index is 2320. The Kier molecular flexibility index (Phi) is 11.2. The van der Waals surface area contributed by atoms with Crippen LogP contribution in [-0.4, -0.2) is 0 Å². The summed E-state index contributed by atoms with van der Waals surface area (Å²) in [5.41, 5.74) is 23.6. The molecule has 2 atom stereocenters. The molecule has 0 aromatic heterocycles. The van der Waals surface area contributed by atoms with Gasteiger partial charge in [0.15, 0.2) is 0 Å². The molecule has 0 saturated carbocycles. The molecule has 0 bridgehead atoms. The average molecular weight is 702 g/mol. The van der Waals surface area contributed by atoms with Crippen molar-refractivity contribution in [2.24, 2.45) is 5.73 Å². The van der Waals surface area contributed by atoms with Crippen molar-refractivity contribution < 1.29 is 0 Å². The van der Waals surface area contributed by atoms with E-state index in [1.165, 1.54) is 50.1 Å². The molecular formula is C53H51N. The van der Waals surface area contributed by atoms with Gasteiger partial charge in [-0.3, -0.25) is 0 Å². The molecule has 268 valence electrons. The normalized spacial score (nSPS) is 16.5. The highest BCUT2D eigenvalue weighted by molar-refractivity contribution is 5.76. The minimum atomic E-state index is -0.363. The number of hydrogen-bond acceptors (Lipinski definition) is 1. The average Bonchev–Trinajstić information content (AvgIpc) is 3.24. The molecule has 1 heteroatoms. The number of nitrogens with two attached hydrogens (primary N) is 1. The fourth-order valence-electron chi connectivity index (χ4n) is 7.81. The molecule has 54 heavy (non-hydrogen) atoms. The Morgan fingerprint density at radius 1 is 0.704 bits per heavy atom. The van der Waals surface area contributed by atoms with E-state index < -0.39 is 0 Å². The van der Waals surface area contributed by atoms with Gasteiger partial charge < -0.3 is 5.73 Å². The summed E-state index contributed by atoms with van der Waals surface area (Å²) in [5.74, 6) is 0. The van der Waals surface area contributed by atoms with Gasteiger partial charge in [-0.05, 0) is 131 Å². The Labute approximate surface area is 323 Å². The first-order valence-corrected chi connectivity index (χ1v) is 19.3. The quantitative estimate of drug-likeness (QED) is 0.136. The highest BCUT2D eigenvalue weighted by Crippen LogP contribution is 2.44. The Morgan fingerprint density at radius 2 is 1.39 bits per heavy atom. The lowest BCUT2D eigenvalue weighted by molar-refractivity contribution is 0.661. The number of allylic oxidation sites excluding steroid dienone is 13. The minimum absolute atomic E-state index is 0.182. The molecule has 2 aliphatic carbocycles. The zero-order valence-electron chi connectivity index (χ0n) is 31.9. The summed E-state index contributed by atoms with van der Waals surface area (Å²) in [4.78, 5) is 0. The molecule has 1 nitrogen and oxygen atoms in total. The molecule has 2 N–H and O–H groups in total. The van der Waals surface area contributed by atoms with Crippen LogP contribution in [0, 0.1) is 6.92 Å². The van der Waals surface area contributed by atoms with Gasteiger partial charge in [0.05, 0.1) is 6.04 Å². The molecule has 2 aliphatic rings. The zero-order chi connectivity index (χ0) is 37.5. The van der Waals surface area contributed by atoms with Gasteiger partial charge in [0.2, 0.25) is 0 Å². The van der Waals surface area contributed by atoms with Crippen LogP contribution in [0.25, 0.3) is 27.8 Å². The van der Waals surface area contributed by atoms with Crippen LogP contribution in [-0.2, 0) is 5.41 Å². The summed E-state index contributed by atoms with van der Waals surface area (Å²) in [6, 6.07) is 45.6. The summed E-state index contributed by atoms with van der Waals surface area (Å²) >= 11 is 0. The maximum absolute atomic E-state index is 6.78. The van der Waals surface area contributed by atoms with Gasteiger partial charge in [-0.15, -0.1) is 0 Å². The Balaban J connectivity index is 1.27. The standard InChI is InChI=1S/C53H51N/c1-5-40(41-16-8-6-9-17-41)33-30-39(3)53(4,50-26-14-23-47(36-50)42-18-10-7-11-19-42)51-27-15-24-48(37-51)45-21-12-20-44(34-45)46-22-13-25-49(35-46)52(54)43-31-28-38(2)29-32-43/h5-6,8-10,12-13,15-22,24-37,52H,1,7,11,14,23,54H2,2-4H3/b39-30+,40-33+. The third-order valence-corrected chi connectivity index (χ3v) is 11.3. The van der Waals surface area contributed by atoms with E-state index >= 15 is 0 Å². The van der Waals surface area contributed by atoms with Crippen molar-refractivity contribution in [3.8, 4) is 22.3 Å². The van der Waals surface area contributed by atoms with Crippen LogP contribution in [0.3, 0.4) is 0 Å². The Morgan fingerprint density at radius 3 is 2.09 bits per heavy atom. The van der Waals surface area contributed by atoms with Crippen molar-refractivity contribution in [3.05, 3.63) is 233 Å². The van der Waals surface area contributed by atoms with Crippen LogP contribution in [0.15, 0.2) is 205 Å². The van der Waals surface area contributed by atoms with E-state index in [0.29, 0.717) is 0 Å². The van der Waals surface area contributed by atoms with Gasteiger partial charge in [0.25, 0.3) is 0 Å². The second-order valence-electron chi connectivity index (χ2n) is 14.8. The summed E-state index contributed by atoms with van der Waals surface area (Å²) < 4.78 is 0. The molecule has 5 aromatic rings. The van der Waals surface area contributed by atoms with E-state index in [1.54, 1.807) is 0 Å². The summed E-state index contributed by atoms with van der Waals surface area (Å²) in [6.07, 6.45) is 22.8. The van der Waals surface area contributed by atoms with E-state index in [2.05, 4.69) is 197 Å². The molecule has 5 aromatic carbocycles. The van der Waals surface area contributed by atoms with E-state index in [4.69, 9.17) is 5.73 Å². The SMILES string of the molecule is C=C/C(=C\C=C(/C)C(C)(C1=CCCC(C2=CCCC=C2)=C1)c1cccc(-c2cccc(-c3cccc(C(N)c4ccc(C)cc4)c3)c2)c1)c1ccccc1. The topological polar surface area (TPSA) is 26.0 Å². The monoisotopic (exact) mass is 701 g/mol. The smallest absolute Gasteiger partial charge is 0.0551 e. The van der Waals surface area contributed by atoms with Crippen molar-refractivity contribution in [1.82, 2.24) is 0 Å². The maximum Gasteiger partial charge on any atom is 0.0551 e. The number of rotatable bonds is 11. The summed E-state index contributed by atoms with van der Waals surface area (Å²) in [6.45, 7) is 10.9. The molecule has 0 aliphatic heterocycles. The van der Waals surface area contributed by atoms with Crippen LogP contribution >= 0.6 is 0 Å². The van der Waals surface area contributed by atoms with Crippen molar-refractivity contribution in [1.29, 1.82) is 0 Å². The fraction of sp³-hybridized carbons (Fsp3) is 0.170. The zero-order valence-corrected chi connectivity index (χ0v) is 31.9. The van der Waals surface area contributed by atoms with E-state index in [-0.39, 0.29) is 11.5 Å². The first-order chi connectivity index (χ1) is 26.3. The van der Waals surface area contributed by atoms with Crippen molar-refractivity contribution in [2.75, 3.05) is 0 Å². The minimum Gasteiger partial charge on any atom is -0.320 e. The van der Waals surface area contributed by atoms with Gasteiger partial charge in [0, 0.05) is 5.41 Å². The Hall–Kier alpha value is -5.76. The molecular weight excluding hydrogens is 651 g/mol. The van der Waals surface area contributed by atoms with Crippen LogP contribution in [0.2, 0.25) is 0 Å². The lowest BCUT2D eigenvalue weighted by atomic mass is 9.68. The highest BCUT2D eigenvalue weighted by atomic mass is 14.6. The summed E-state index contributed by atoms with van der Waals surface area (Å²) in [5, 5.41) is 0. The van der Waals surface area contributed by atoms with Crippen molar-refractivity contribution in [3.63, 3.8) is 0 Å². The predicted molar refractivity (Wildman–Crippen MR) is 232 cm³/mol. The van der Waals surface area contributed by atoms with Crippen molar-refractivity contribution in [2.45, 2.75) is 57.9 Å². The lowest BCUT2D eigenvalue weighted by Crippen LogP contribution is -2.27. The molecule has 0 spiro atoms. The first-order valence-electron chi connectivity index (χ1n) is 19.3. The molecule has 0 amide bonds. The van der Waals surface area contributed by atoms with E-state index in [0.717, 1.165) is 53.5 Å². The second kappa shape index (κ2) is 16.5. The van der Waals surface area contributed by atoms with Crippen LogP contribution in [0.4, 0.5) is 0 Å². The molecule has 0 fully saturated rings.